The summed E-state index contributed by atoms with van der Waals surface area (Å²) < 4.78 is 27.0. The SMILES string of the molecule is CS(=O)(=O)O[C@@H]1CCc2ccccc2C1. The topological polar surface area (TPSA) is 43.4 Å². The smallest absolute Gasteiger partial charge is 0.264 e. The van der Waals surface area contributed by atoms with Gasteiger partial charge in [-0.15, -0.1) is 0 Å². The summed E-state index contributed by atoms with van der Waals surface area (Å²) in [5, 5.41) is 0. The number of fused-ring (bicyclic) bond motifs is 1. The Hall–Kier alpha value is -0.870. The first-order valence-corrected chi connectivity index (χ1v) is 6.81. The van der Waals surface area contributed by atoms with Crippen molar-refractivity contribution in [3.8, 4) is 0 Å². The molecule has 0 spiro atoms. The van der Waals surface area contributed by atoms with Crippen LogP contribution in [-0.2, 0) is 27.1 Å². The van der Waals surface area contributed by atoms with Crippen molar-refractivity contribution in [3.05, 3.63) is 35.4 Å². The van der Waals surface area contributed by atoms with Gasteiger partial charge < -0.3 is 0 Å². The Bertz CT molecular complexity index is 451. The number of hydrogen-bond donors (Lipinski definition) is 0. The number of rotatable bonds is 2. The Kier molecular flexibility index (Phi) is 2.80. The van der Waals surface area contributed by atoms with Crippen molar-refractivity contribution in [2.24, 2.45) is 0 Å². The van der Waals surface area contributed by atoms with E-state index in [4.69, 9.17) is 4.18 Å². The minimum atomic E-state index is -3.33. The van der Waals surface area contributed by atoms with Gasteiger partial charge in [0, 0.05) is 6.42 Å². The molecule has 2 rings (SSSR count). The Labute approximate surface area is 90.2 Å². The summed E-state index contributed by atoms with van der Waals surface area (Å²) in [6.07, 6.45) is 3.30. The fourth-order valence-electron chi connectivity index (χ4n) is 1.99. The predicted octanol–water partition coefficient (Wildman–Crippen LogP) is 1.52. The molecule has 0 radical (unpaired) electrons. The van der Waals surface area contributed by atoms with Crippen LogP contribution in [-0.4, -0.2) is 20.8 Å². The maximum Gasteiger partial charge on any atom is 0.264 e. The van der Waals surface area contributed by atoms with Crippen LogP contribution < -0.4 is 0 Å². The number of benzene rings is 1. The second kappa shape index (κ2) is 3.94. The van der Waals surface area contributed by atoms with Crippen LogP contribution in [0.2, 0.25) is 0 Å². The average Bonchev–Trinajstić information content (AvgIpc) is 2.15. The number of hydrogen-bond acceptors (Lipinski definition) is 3. The molecule has 0 bridgehead atoms. The van der Waals surface area contributed by atoms with Gasteiger partial charge in [-0.25, -0.2) is 0 Å². The molecule has 1 aliphatic carbocycles. The molecule has 3 nitrogen and oxygen atoms in total. The van der Waals surface area contributed by atoms with Crippen molar-refractivity contribution in [2.45, 2.75) is 25.4 Å². The van der Waals surface area contributed by atoms with Crippen LogP contribution in [0.15, 0.2) is 24.3 Å². The molecule has 0 saturated heterocycles. The van der Waals surface area contributed by atoms with Crippen molar-refractivity contribution in [3.63, 3.8) is 0 Å². The van der Waals surface area contributed by atoms with Gasteiger partial charge in [0.1, 0.15) is 0 Å². The molecule has 0 amide bonds. The molecule has 1 aromatic rings. The van der Waals surface area contributed by atoms with Crippen LogP contribution in [0.5, 0.6) is 0 Å². The molecule has 15 heavy (non-hydrogen) atoms. The van der Waals surface area contributed by atoms with E-state index in [2.05, 4.69) is 6.07 Å². The molecule has 0 aliphatic heterocycles. The molecule has 82 valence electrons. The predicted molar refractivity (Wildman–Crippen MR) is 58.2 cm³/mol. The third-order valence-electron chi connectivity index (χ3n) is 2.61. The van der Waals surface area contributed by atoms with Gasteiger partial charge in [0.2, 0.25) is 0 Å². The van der Waals surface area contributed by atoms with E-state index in [9.17, 15) is 8.42 Å². The summed E-state index contributed by atoms with van der Waals surface area (Å²) in [6.45, 7) is 0. The molecule has 1 atom stereocenters. The first-order chi connectivity index (χ1) is 7.04. The summed E-state index contributed by atoms with van der Waals surface area (Å²) in [5.41, 5.74) is 2.52. The fraction of sp³-hybridized carbons (Fsp3) is 0.455. The third-order valence-corrected chi connectivity index (χ3v) is 3.23. The van der Waals surface area contributed by atoms with Gasteiger partial charge in [-0.2, -0.15) is 8.42 Å². The first-order valence-electron chi connectivity index (χ1n) is 4.99. The zero-order valence-electron chi connectivity index (χ0n) is 8.64. The van der Waals surface area contributed by atoms with Crippen molar-refractivity contribution >= 4 is 10.1 Å². The van der Waals surface area contributed by atoms with E-state index >= 15 is 0 Å². The summed E-state index contributed by atoms with van der Waals surface area (Å²) in [4.78, 5) is 0. The van der Waals surface area contributed by atoms with Gasteiger partial charge in [0.05, 0.1) is 12.4 Å². The minimum absolute atomic E-state index is 0.185. The number of aryl methyl sites for hydroxylation is 1. The molecular formula is C11H14O3S. The van der Waals surface area contributed by atoms with Crippen molar-refractivity contribution in [1.29, 1.82) is 0 Å². The highest BCUT2D eigenvalue weighted by Gasteiger charge is 2.21. The van der Waals surface area contributed by atoms with E-state index < -0.39 is 10.1 Å². The highest BCUT2D eigenvalue weighted by molar-refractivity contribution is 7.86. The maximum atomic E-state index is 11.0. The maximum absolute atomic E-state index is 11.0. The highest BCUT2D eigenvalue weighted by atomic mass is 32.2. The lowest BCUT2D eigenvalue weighted by Crippen LogP contribution is -2.25. The molecule has 0 N–H and O–H groups in total. The zero-order chi connectivity index (χ0) is 10.9. The average molecular weight is 226 g/mol. The minimum Gasteiger partial charge on any atom is -0.267 e. The van der Waals surface area contributed by atoms with E-state index in [1.807, 2.05) is 18.2 Å². The van der Waals surface area contributed by atoms with Gasteiger partial charge in [-0.1, -0.05) is 24.3 Å². The van der Waals surface area contributed by atoms with Gasteiger partial charge >= 0.3 is 0 Å². The molecule has 1 aliphatic rings. The van der Waals surface area contributed by atoms with Crippen LogP contribution in [0.1, 0.15) is 17.5 Å². The van der Waals surface area contributed by atoms with E-state index in [1.54, 1.807) is 0 Å². The summed E-state index contributed by atoms with van der Waals surface area (Å²) >= 11 is 0. The lowest BCUT2D eigenvalue weighted by Gasteiger charge is -2.23. The molecular weight excluding hydrogens is 212 g/mol. The fourth-order valence-corrected chi connectivity index (χ4v) is 2.65. The van der Waals surface area contributed by atoms with E-state index in [-0.39, 0.29) is 6.10 Å². The van der Waals surface area contributed by atoms with E-state index in [0.717, 1.165) is 19.1 Å². The Morgan fingerprint density at radius 3 is 2.60 bits per heavy atom. The Balaban J connectivity index is 2.12. The lowest BCUT2D eigenvalue weighted by molar-refractivity contribution is 0.194. The highest BCUT2D eigenvalue weighted by Crippen LogP contribution is 2.23. The van der Waals surface area contributed by atoms with Crippen molar-refractivity contribution in [1.82, 2.24) is 0 Å². The van der Waals surface area contributed by atoms with Crippen LogP contribution >= 0.6 is 0 Å². The molecule has 0 aromatic heterocycles. The molecule has 0 unspecified atom stereocenters. The van der Waals surface area contributed by atoms with Crippen LogP contribution in [0.4, 0.5) is 0 Å². The molecule has 0 heterocycles. The van der Waals surface area contributed by atoms with Gasteiger partial charge in [0.25, 0.3) is 10.1 Å². The summed E-state index contributed by atoms with van der Waals surface area (Å²) in [5.74, 6) is 0. The molecule has 1 aromatic carbocycles. The Morgan fingerprint density at radius 1 is 1.27 bits per heavy atom. The summed E-state index contributed by atoms with van der Waals surface area (Å²) in [7, 11) is -3.33. The molecule has 0 saturated carbocycles. The van der Waals surface area contributed by atoms with Gasteiger partial charge in [0.15, 0.2) is 0 Å². The van der Waals surface area contributed by atoms with E-state index in [1.165, 1.54) is 11.1 Å². The van der Waals surface area contributed by atoms with Gasteiger partial charge in [-0.05, 0) is 24.0 Å². The van der Waals surface area contributed by atoms with Crippen LogP contribution in [0.3, 0.4) is 0 Å². The molecule has 0 fully saturated rings. The lowest BCUT2D eigenvalue weighted by atomic mass is 9.90. The van der Waals surface area contributed by atoms with E-state index in [0.29, 0.717) is 6.42 Å². The normalized spacial score (nSPS) is 21.0. The zero-order valence-corrected chi connectivity index (χ0v) is 9.46. The van der Waals surface area contributed by atoms with Gasteiger partial charge in [-0.3, -0.25) is 4.18 Å². The molecule has 4 heteroatoms. The van der Waals surface area contributed by atoms with Crippen LogP contribution in [0.25, 0.3) is 0 Å². The second-order valence-corrected chi connectivity index (χ2v) is 5.53. The third kappa shape index (κ3) is 2.79. The second-order valence-electron chi connectivity index (χ2n) is 3.93. The van der Waals surface area contributed by atoms with Crippen molar-refractivity contribution < 1.29 is 12.6 Å². The van der Waals surface area contributed by atoms with Crippen molar-refractivity contribution in [2.75, 3.05) is 6.26 Å². The van der Waals surface area contributed by atoms with Crippen LogP contribution in [0, 0.1) is 0 Å². The largest absolute Gasteiger partial charge is 0.267 e. The first kappa shape index (κ1) is 10.6. The standard InChI is InChI=1S/C11H14O3S/c1-15(12,13)14-11-7-6-9-4-2-3-5-10(9)8-11/h2-5,11H,6-8H2,1H3/t11-/m1/s1. The Morgan fingerprint density at radius 2 is 1.93 bits per heavy atom. The quantitative estimate of drug-likeness (QED) is 0.718. The monoisotopic (exact) mass is 226 g/mol. The summed E-state index contributed by atoms with van der Waals surface area (Å²) in [6, 6.07) is 8.11.